The molecule has 9 nitrogen and oxygen atoms in total. The maximum Gasteiger partial charge on any atom is 0.211 e. The molecule has 1 rings (SSSR count). The van der Waals surface area contributed by atoms with Crippen LogP contribution in [0.4, 0.5) is 0 Å². The molecule has 0 radical (unpaired) electrons. The number of aliphatic hydroxyl groups is 1. The Balaban J connectivity index is 2.58. The van der Waals surface area contributed by atoms with Gasteiger partial charge in [-0.15, -0.1) is 0 Å². The van der Waals surface area contributed by atoms with Crippen LogP contribution in [0, 0.1) is 0 Å². The Bertz CT molecular complexity index is 684. The fraction of sp³-hybridized carbons (Fsp3) is 0.750. The lowest BCUT2D eigenvalue weighted by atomic mass is 10.0. The number of aromatic nitrogens is 2. The molecule has 0 aliphatic rings. The summed E-state index contributed by atoms with van der Waals surface area (Å²) in [6.07, 6.45) is 5.26. The first-order chi connectivity index (χ1) is 12.1. The summed E-state index contributed by atoms with van der Waals surface area (Å²) in [5, 5.41) is 21.0. The van der Waals surface area contributed by atoms with Gasteiger partial charge >= 0.3 is 0 Å². The van der Waals surface area contributed by atoms with Crippen molar-refractivity contribution in [2.75, 3.05) is 39.0 Å². The van der Waals surface area contributed by atoms with E-state index in [2.05, 4.69) is 20.7 Å². The van der Waals surface area contributed by atoms with Crippen molar-refractivity contribution in [1.82, 2.24) is 24.7 Å². The van der Waals surface area contributed by atoms with Gasteiger partial charge in [-0.3, -0.25) is 4.68 Å². The summed E-state index contributed by atoms with van der Waals surface area (Å²) in [6.45, 7) is 7.83. The molecule has 0 fully saturated rings. The van der Waals surface area contributed by atoms with Gasteiger partial charge in [0, 0.05) is 45.0 Å². The lowest BCUT2D eigenvalue weighted by Crippen LogP contribution is -2.40. The lowest BCUT2D eigenvalue weighted by molar-refractivity contribution is 0.0672. The van der Waals surface area contributed by atoms with Crippen molar-refractivity contribution in [3.8, 4) is 0 Å². The summed E-state index contributed by atoms with van der Waals surface area (Å²) in [5.41, 5.74) is -0.419. The Morgan fingerprint density at radius 2 is 2.12 bits per heavy atom. The van der Waals surface area contributed by atoms with Gasteiger partial charge in [0.15, 0.2) is 5.96 Å². The SMILES string of the molecule is CCNC(=NCC(C)(O)c1cnn(C)c1)NCCCN(CC)S(C)(=O)=O. The van der Waals surface area contributed by atoms with Crippen LogP contribution in [0.1, 0.15) is 32.8 Å². The minimum Gasteiger partial charge on any atom is -0.383 e. The number of nitrogens with one attached hydrogen (secondary N) is 2. The molecule has 0 saturated carbocycles. The Labute approximate surface area is 156 Å². The molecule has 0 aliphatic carbocycles. The summed E-state index contributed by atoms with van der Waals surface area (Å²) in [4.78, 5) is 4.43. The molecule has 0 aromatic carbocycles. The molecule has 1 atom stereocenters. The number of aliphatic imine (C=N–C) groups is 1. The highest BCUT2D eigenvalue weighted by atomic mass is 32.2. The zero-order chi connectivity index (χ0) is 19.8. The van der Waals surface area contributed by atoms with E-state index in [9.17, 15) is 13.5 Å². The van der Waals surface area contributed by atoms with E-state index in [1.165, 1.54) is 10.6 Å². The standard InChI is InChI=1S/C16H32N6O3S/c1-6-17-15(18-9-8-10-22(7-2)26(5,24)25)19-13-16(3,23)14-11-20-21(4)12-14/h11-12,23H,6-10,13H2,1-5H3,(H2,17,18,19). The van der Waals surface area contributed by atoms with E-state index in [1.807, 2.05) is 13.8 Å². The van der Waals surface area contributed by atoms with Gasteiger partial charge in [-0.2, -0.15) is 5.10 Å². The predicted molar refractivity (Wildman–Crippen MR) is 103 cm³/mol. The fourth-order valence-corrected chi connectivity index (χ4v) is 3.32. The van der Waals surface area contributed by atoms with Crippen molar-refractivity contribution in [3.63, 3.8) is 0 Å². The number of guanidine groups is 1. The van der Waals surface area contributed by atoms with Crippen LogP contribution >= 0.6 is 0 Å². The summed E-state index contributed by atoms with van der Waals surface area (Å²) < 4.78 is 26.2. The molecule has 0 bridgehead atoms. The minimum absolute atomic E-state index is 0.179. The first-order valence-corrected chi connectivity index (χ1v) is 10.6. The van der Waals surface area contributed by atoms with E-state index in [0.717, 1.165) is 0 Å². The molecular formula is C16H32N6O3S. The zero-order valence-corrected chi connectivity index (χ0v) is 17.2. The molecule has 0 aliphatic heterocycles. The lowest BCUT2D eigenvalue weighted by Gasteiger charge is -2.21. The number of nitrogens with zero attached hydrogens (tertiary/aromatic N) is 4. The zero-order valence-electron chi connectivity index (χ0n) is 16.4. The van der Waals surface area contributed by atoms with Crippen molar-refractivity contribution in [3.05, 3.63) is 18.0 Å². The molecule has 0 saturated heterocycles. The fourth-order valence-electron chi connectivity index (χ4n) is 2.39. The van der Waals surface area contributed by atoms with Gasteiger partial charge in [-0.1, -0.05) is 6.92 Å². The average molecular weight is 389 g/mol. The van der Waals surface area contributed by atoms with Crippen LogP contribution in [0.5, 0.6) is 0 Å². The van der Waals surface area contributed by atoms with E-state index >= 15 is 0 Å². The maximum atomic E-state index is 11.6. The van der Waals surface area contributed by atoms with Crippen LogP contribution in [0.2, 0.25) is 0 Å². The quantitative estimate of drug-likeness (QED) is 0.292. The predicted octanol–water partition coefficient (Wildman–Crippen LogP) is -0.146. The number of rotatable bonds is 10. The summed E-state index contributed by atoms with van der Waals surface area (Å²) in [6, 6.07) is 0. The minimum atomic E-state index is -3.17. The highest BCUT2D eigenvalue weighted by molar-refractivity contribution is 7.88. The number of hydrogen-bond acceptors (Lipinski definition) is 5. The van der Waals surface area contributed by atoms with Gasteiger partial charge in [0.1, 0.15) is 5.60 Å². The van der Waals surface area contributed by atoms with Crippen LogP contribution in [0.15, 0.2) is 17.4 Å². The Morgan fingerprint density at radius 1 is 1.42 bits per heavy atom. The Kier molecular flexibility index (Phi) is 8.51. The normalized spacial score (nSPS) is 15.1. The molecule has 1 unspecified atom stereocenters. The van der Waals surface area contributed by atoms with Gasteiger partial charge in [0.25, 0.3) is 0 Å². The van der Waals surface area contributed by atoms with Crippen LogP contribution in [0.3, 0.4) is 0 Å². The van der Waals surface area contributed by atoms with Gasteiger partial charge in [-0.05, 0) is 20.3 Å². The van der Waals surface area contributed by atoms with Crippen molar-refractivity contribution < 1.29 is 13.5 Å². The first kappa shape index (κ1) is 22.4. The monoisotopic (exact) mass is 388 g/mol. The van der Waals surface area contributed by atoms with Crippen molar-refractivity contribution in [1.29, 1.82) is 0 Å². The number of hydrogen-bond donors (Lipinski definition) is 3. The largest absolute Gasteiger partial charge is 0.383 e. The second kappa shape index (κ2) is 9.89. The third kappa shape index (κ3) is 7.30. The van der Waals surface area contributed by atoms with Crippen LogP contribution in [-0.4, -0.2) is 72.5 Å². The topological polar surface area (TPSA) is 112 Å². The molecule has 3 N–H and O–H groups in total. The second-order valence-electron chi connectivity index (χ2n) is 6.41. The molecular weight excluding hydrogens is 356 g/mol. The molecule has 0 spiro atoms. The summed E-state index contributed by atoms with van der Waals surface area (Å²) >= 11 is 0. The molecule has 1 aromatic heterocycles. The van der Waals surface area contributed by atoms with Crippen LogP contribution < -0.4 is 10.6 Å². The number of sulfonamides is 1. The maximum absolute atomic E-state index is 11.6. The van der Waals surface area contributed by atoms with Crippen molar-refractivity contribution >= 4 is 16.0 Å². The van der Waals surface area contributed by atoms with Gasteiger partial charge in [0.2, 0.25) is 10.0 Å². The third-order valence-electron chi connectivity index (χ3n) is 3.91. The van der Waals surface area contributed by atoms with Gasteiger partial charge in [-0.25, -0.2) is 17.7 Å². The van der Waals surface area contributed by atoms with Crippen molar-refractivity contribution in [2.45, 2.75) is 32.8 Å². The smallest absolute Gasteiger partial charge is 0.211 e. The molecule has 1 heterocycles. The van der Waals surface area contributed by atoms with Crippen LogP contribution in [-0.2, 0) is 22.7 Å². The molecule has 1 aromatic rings. The Morgan fingerprint density at radius 3 is 2.62 bits per heavy atom. The average Bonchev–Trinajstić information content (AvgIpc) is 2.98. The van der Waals surface area contributed by atoms with Gasteiger partial charge in [0.05, 0.1) is 19.0 Å². The molecule has 150 valence electrons. The van der Waals surface area contributed by atoms with E-state index in [1.54, 1.807) is 31.0 Å². The van der Waals surface area contributed by atoms with Crippen LogP contribution in [0.25, 0.3) is 0 Å². The molecule has 10 heteroatoms. The second-order valence-corrected chi connectivity index (χ2v) is 8.39. The summed E-state index contributed by atoms with van der Waals surface area (Å²) in [5.74, 6) is 0.582. The highest BCUT2D eigenvalue weighted by Crippen LogP contribution is 2.19. The van der Waals surface area contributed by atoms with E-state index in [4.69, 9.17) is 0 Å². The third-order valence-corrected chi connectivity index (χ3v) is 5.29. The van der Waals surface area contributed by atoms with E-state index in [-0.39, 0.29) is 6.54 Å². The first-order valence-electron chi connectivity index (χ1n) is 8.79. The van der Waals surface area contributed by atoms with E-state index in [0.29, 0.717) is 44.1 Å². The molecule has 0 amide bonds. The molecule has 26 heavy (non-hydrogen) atoms. The Hall–Kier alpha value is -1.65. The number of aryl methyl sites for hydroxylation is 1. The van der Waals surface area contributed by atoms with Crippen molar-refractivity contribution in [2.24, 2.45) is 12.0 Å². The van der Waals surface area contributed by atoms with Gasteiger partial charge < -0.3 is 15.7 Å². The van der Waals surface area contributed by atoms with E-state index < -0.39 is 15.6 Å². The summed E-state index contributed by atoms with van der Waals surface area (Å²) in [7, 11) is -1.37. The highest BCUT2D eigenvalue weighted by Gasteiger charge is 2.24.